The molecular weight excluding hydrogens is 311 g/mol. The molecule has 0 radical (unpaired) electrons. The van der Waals surface area contributed by atoms with Gasteiger partial charge in [0.25, 0.3) is 0 Å². The number of rotatable bonds is 5. The van der Waals surface area contributed by atoms with Gasteiger partial charge in [-0.1, -0.05) is 30.3 Å². The van der Waals surface area contributed by atoms with Crippen LogP contribution in [0.1, 0.15) is 11.1 Å². The monoisotopic (exact) mass is 326 g/mol. The zero-order valence-corrected chi connectivity index (χ0v) is 15.8. The zero-order chi connectivity index (χ0) is 15.5. The van der Waals surface area contributed by atoms with E-state index in [2.05, 4.69) is 0 Å². The van der Waals surface area contributed by atoms with Crippen molar-refractivity contribution < 1.29 is 75.9 Å². The summed E-state index contributed by atoms with van der Waals surface area (Å²) >= 11 is 0. The summed E-state index contributed by atoms with van der Waals surface area (Å²) in [4.78, 5) is 11.6. The largest absolute Gasteiger partial charge is 1.00 e. The summed E-state index contributed by atoms with van der Waals surface area (Å²) in [7, 11) is 2.87. The first-order valence-corrected chi connectivity index (χ1v) is 6.26. The zero-order valence-electron chi connectivity index (χ0n) is 12.7. The molecule has 0 spiro atoms. The Bertz CT molecular complexity index is 644. The van der Waals surface area contributed by atoms with E-state index in [1.807, 2.05) is 0 Å². The number of ether oxygens (including phenoxy) is 2. The maximum atomic E-state index is 11.6. The van der Waals surface area contributed by atoms with Gasteiger partial charge in [-0.2, -0.15) is 0 Å². The Kier molecular flexibility index (Phi) is 7.05. The van der Waals surface area contributed by atoms with Crippen LogP contribution in [0.3, 0.4) is 0 Å². The van der Waals surface area contributed by atoms with Crippen molar-refractivity contribution in [1.82, 2.24) is 0 Å². The number of carboxylic acids is 1. The van der Waals surface area contributed by atoms with Crippen LogP contribution < -0.4 is 66.0 Å². The number of carbonyl (C=O) groups is 1. The van der Waals surface area contributed by atoms with E-state index in [0.29, 0.717) is 5.75 Å². The predicted octanol–water partition coefficient (Wildman–Crippen LogP) is -2.31. The molecule has 0 bridgehead atoms. The predicted molar refractivity (Wildman–Crippen MR) is 74.0 cm³/mol. The molecule has 0 heterocycles. The smallest absolute Gasteiger partial charge is 0.546 e. The second-order valence-corrected chi connectivity index (χ2v) is 4.43. The van der Waals surface area contributed by atoms with Gasteiger partial charge in [0.2, 0.25) is 0 Å². The number of hydrogen-bond acceptors (Lipinski definition) is 5. The van der Waals surface area contributed by atoms with Crippen LogP contribution in [-0.2, 0) is 10.4 Å². The molecule has 0 aromatic heterocycles. The summed E-state index contributed by atoms with van der Waals surface area (Å²) in [6, 6.07) is 12.5. The Hall–Kier alpha value is -0.894. The van der Waals surface area contributed by atoms with Gasteiger partial charge in [0.05, 0.1) is 20.2 Å². The van der Waals surface area contributed by atoms with Crippen LogP contribution in [0.5, 0.6) is 11.5 Å². The summed E-state index contributed by atoms with van der Waals surface area (Å²) in [6.07, 6.45) is 0. The number of aliphatic carboxylic acids is 1. The van der Waals surface area contributed by atoms with Gasteiger partial charge in [-0.05, 0) is 17.7 Å². The molecule has 1 unspecified atom stereocenters. The quantitative estimate of drug-likeness (QED) is 0.625. The summed E-state index contributed by atoms with van der Waals surface area (Å²) in [5, 5.41) is 22.3. The number of methoxy groups -OCH3 is 2. The SMILES string of the molecule is COc1ccc(C(O)(C(=O)[O-])c2ccccc2)c(OC)c1.[K+]. The molecule has 0 saturated heterocycles. The molecule has 2 aromatic carbocycles. The second-order valence-electron chi connectivity index (χ2n) is 4.43. The molecule has 2 aromatic rings. The van der Waals surface area contributed by atoms with Crippen molar-refractivity contribution in [1.29, 1.82) is 0 Å². The number of aliphatic hydroxyl groups is 1. The van der Waals surface area contributed by atoms with Gasteiger partial charge in [0, 0.05) is 11.6 Å². The summed E-state index contributed by atoms with van der Waals surface area (Å²) in [5.74, 6) is -0.938. The van der Waals surface area contributed by atoms with E-state index in [9.17, 15) is 15.0 Å². The van der Waals surface area contributed by atoms with Crippen LogP contribution in [0.15, 0.2) is 48.5 Å². The number of carboxylic acid groups (broad SMARTS) is 1. The molecule has 6 heteroatoms. The Balaban J connectivity index is 0.00000242. The van der Waals surface area contributed by atoms with E-state index in [-0.39, 0.29) is 68.3 Å². The maximum absolute atomic E-state index is 11.6. The van der Waals surface area contributed by atoms with Gasteiger partial charge in [-0.15, -0.1) is 0 Å². The molecule has 0 saturated carbocycles. The summed E-state index contributed by atoms with van der Waals surface area (Å²) in [5.41, 5.74) is -2.04. The third-order valence-electron chi connectivity index (χ3n) is 3.29. The topological polar surface area (TPSA) is 78.8 Å². The van der Waals surface area contributed by atoms with Gasteiger partial charge in [0.15, 0.2) is 5.60 Å². The van der Waals surface area contributed by atoms with Crippen LogP contribution in [-0.4, -0.2) is 25.3 Å². The molecule has 2 rings (SSSR count). The molecule has 0 amide bonds. The molecule has 0 aliphatic carbocycles. The van der Waals surface area contributed by atoms with Crippen LogP contribution in [0, 0.1) is 0 Å². The average molecular weight is 326 g/mol. The van der Waals surface area contributed by atoms with Crippen molar-refractivity contribution in [3.63, 3.8) is 0 Å². The molecule has 1 atom stereocenters. The van der Waals surface area contributed by atoms with E-state index < -0.39 is 11.6 Å². The van der Waals surface area contributed by atoms with E-state index in [4.69, 9.17) is 9.47 Å². The van der Waals surface area contributed by atoms with E-state index >= 15 is 0 Å². The summed E-state index contributed by atoms with van der Waals surface area (Å²) in [6.45, 7) is 0. The van der Waals surface area contributed by atoms with Gasteiger partial charge >= 0.3 is 51.4 Å². The fourth-order valence-corrected chi connectivity index (χ4v) is 2.16. The minimum atomic E-state index is -2.31. The van der Waals surface area contributed by atoms with Gasteiger partial charge in [-0.3, -0.25) is 0 Å². The van der Waals surface area contributed by atoms with Crippen molar-refractivity contribution in [3.05, 3.63) is 59.7 Å². The summed E-state index contributed by atoms with van der Waals surface area (Å²) < 4.78 is 10.2. The van der Waals surface area contributed by atoms with E-state index in [0.717, 1.165) is 0 Å². The molecule has 5 nitrogen and oxygen atoms in total. The Morgan fingerprint density at radius 3 is 2.23 bits per heavy atom. The second kappa shape index (κ2) is 8.10. The number of carbonyl (C=O) groups excluding carboxylic acids is 1. The van der Waals surface area contributed by atoms with E-state index in [1.165, 1.54) is 38.5 Å². The molecule has 0 aliphatic heterocycles. The maximum Gasteiger partial charge on any atom is 1.00 e. The fraction of sp³-hybridized carbons (Fsp3) is 0.188. The van der Waals surface area contributed by atoms with Crippen LogP contribution >= 0.6 is 0 Å². The number of benzene rings is 2. The van der Waals surface area contributed by atoms with Gasteiger partial charge < -0.3 is 24.5 Å². The van der Waals surface area contributed by atoms with Crippen molar-refractivity contribution in [3.8, 4) is 11.5 Å². The Labute approximate surface area is 171 Å². The van der Waals surface area contributed by atoms with Crippen LogP contribution in [0.2, 0.25) is 0 Å². The third kappa shape index (κ3) is 3.53. The van der Waals surface area contributed by atoms with Gasteiger partial charge in [0.1, 0.15) is 11.5 Å². The molecule has 22 heavy (non-hydrogen) atoms. The third-order valence-corrected chi connectivity index (χ3v) is 3.29. The standard InChI is InChI=1S/C16H16O5.K/c1-20-12-8-9-13(14(10-12)21-2)16(19,15(17)18)11-6-4-3-5-7-11;/h3-10,19H,1-2H3,(H,17,18);/q;+1/p-1. The van der Waals surface area contributed by atoms with Gasteiger partial charge in [-0.25, -0.2) is 0 Å². The van der Waals surface area contributed by atoms with Crippen LogP contribution in [0.25, 0.3) is 0 Å². The first-order valence-electron chi connectivity index (χ1n) is 6.26. The van der Waals surface area contributed by atoms with Crippen molar-refractivity contribution in [2.45, 2.75) is 5.60 Å². The van der Waals surface area contributed by atoms with E-state index in [1.54, 1.807) is 24.3 Å². The first kappa shape index (κ1) is 19.2. The fourth-order valence-electron chi connectivity index (χ4n) is 2.16. The van der Waals surface area contributed by atoms with Crippen LogP contribution in [0.4, 0.5) is 0 Å². The minimum absolute atomic E-state index is 0. The van der Waals surface area contributed by atoms with Crippen molar-refractivity contribution in [2.75, 3.05) is 14.2 Å². The minimum Gasteiger partial charge on any atom is -0.546 e. The molecular formula is C16H15KO5. The first-order chi connectivity index (χ1) is 10.0. The Morgan fingerprint density at radius 1 is 1.09 bits per heavy atom. The van der Waals surface area contributed by atoms with Crippen molar-refractivity contribution in [2.24, 2.45) is 0 Å². The average Bonchev–Trinajstić information content (AvgIpc) is 2.54. The molecule has 0 aliphatic rings. The van der Waals surface area contributed by atoms with Crippen molar-refractivity contribution >= 4 is 5.97 Å². The normalized spacial score (nSPS) is 12.7. The number of hydrogen-bond donors (Lipinski definition) is 1. The molecule has 110 valence electrons. The molecule has 1 N–H and O–H groups in total. The molecule has 0 fully saturated rings. The Morgan fingerprint density at radius 2 is 1.73 bits per heavy atom.